The van der Waals surface area contributed by atoms with Gasteiger partial charge in [0.1, 0.15) is 5.01 Å². The van der Waals surface area contributed by atoms with Crippen LogP contribution in [0.3, 0.4) is 0 Å². The normalized spacial score (nSPS) is 14.3. The molecule has 8 heteroatoms. The van der Waals surface area contributed by atoms with E-state index in [0.29, 0.717) is 21.1 Å². The van der Waals surface area contributed by atoms with Gasteiger partial charge < -0.3 is 5.32 Å². The number of pyridine rings is 1. The number of hydrogen-bond donors (Lipinski definition) is 1. The van der Waals surface area contributed by atoms with Gasteiger partial charge in [0.05, 0.1) is 27.9 Å². The number of benzene rings is 1. The number of ketones is 1. The molecule has 0 aliphatic heterocycles. The molecule has 146 valence electrons. The molecular weight excluding hydrogens is 404 g/mol. The fraction of sp³-hybridized carbons (Fsp3) is 0.286. The van der Waals surface area contributed by atoms with E-state index in [1.54, 1.807) is 6.07 Å². The van der Waals surface area contributed by atoms with Crippen molar-refractivity contribution in [3.63, 3.8) is 0 Å². The van der Waals surface area contributed by atoms with Crippen molar-refractivity contribution in [3.8, 4) is 6.07 Å². The van der Waals surface area contributed by atoms with Crippen LogP contribution in [0.2, 0.25) is 0 Å². The summed E-state index contributed by atoms with van der Waals surface area (Å²) in [5, 5.41) is 16.2. The molecule has 3 aromatic rings. The molecule has 29 heavy (non-hydrogen) atoms. The van der Waals surface area contributed by atoms with Gasteiger partial charge in [-0.25, -0.2) is 9.97 Å². The highest BCUT2D eigenvalue weighted by atomic mass is 32.2. The molecule has 2 heterocycles. The lowest BCUT2D eigenvalue weighted by Crippen LogP contribution is -2.25. The number of aryl methyl sites for hydroxylation is 1. The van der Waals surface area contributed by atoms with Gasteiger partial charge in [-0.1, -0.05) is 30.0 Å². The van der Waals surface area contributed by atoms with Gasteiger partial charge in [-0.05, 0) is 31.9 Å². The van der Waals surface area contributed by atoms with Gasteiger partial charge >= 0.3 is 0 Å². The van der Waals surface area contributed by atoms with E-state index >= 15 is 0 Å². The summed E-state index contributed by atoms with van der Waals surface area (Å²) in [6.45, 7) is 1.83. The van der Waals surface area contributed by atoms with Crippen LogP contribution in [0, 0.1) is 18.3 Å². The molecule has 1 aliphatic carbocycles. The van der Waals surface area contributed by atoms with Gasteiger partial charge in [0.2, 0.25) is 0 Å². The fourth-order valence-electron chi connectivity index (χ4n) is 2.90. The molecule has 0 spiro atoms. The van der Waals surface area contributed by atoms with E-state index in [9.17, 15) is 14.9 Å². The molecule has 1 N–H and O–H groups in total. The highest BCUT2D eigenvalue weighted by Gasteiger charge is 2.26. The average Bonchev–Trinajstić information content (AvgIpc) is 3.44. The maximum atomic E-state index is 12.7. The molecule has 6 nitrogen and oxygen atoms in total. The minimum atomic E-state index is -0.876. The number of nitrogens with zero attached hydrogens (tertiary/aromatic N) is 3. The Morgan fingerprint density at radius 1 is 1.34 bits per heavy atom. The summed E-state index contributed by atoms with van der Waals surface area (Å²) in [6, 6.07) is 11.5. The first-order chi connectivity index (χ1) is 14.0. The molecule has 1 fully saturated rings. The van der Waals surface area contributed by atoms with E-state index in [1.165, 1.54) is 23.1 Å². The van der Waals surface area contributed by atoms with Gasteiger partial charge in [0.15, 0.2) is 11.7 Å². The molecule has 1 amide bonds. The molecule has 1 aliphatic rings. The van der Waals surface area contributed by atoms with Crippen LogP contribution in [0.15, 0.2) is 40.7 Å². The Morgan fingerprint density at radius 2 is 2.14 bits per heavy atom. The van der Waals surface area contributed by atoms with E-state index in [1.807, 2.05) is 36.6 Å². The highest BCUT2D eigenvalue weighted by molar-refractivity contribution is 7.99. The lowest BCUT2D eigenvalue weighted by Gasteiger charge is -2.10. The fourth-order valence-corrected chi connectivity index (χ4v) is 4.58. The largest absolute Gasteiger partial charge is 0.349 e. The number of para-hydroxylation sites is 1. The number of amides is 1. The minimum Gasteiger partial charge on any atom is -0.349 e. The Bertz CT molecular complexity index is 1130. The van der Waals surface area contributed by atoms with Crippen molar-refractivity contribution >= 4 is 45.7 Å². The number of nitrogens with one attached hydrogen (secondary N) is 1. The third-order valence-corrected chi connectivity index (χ3v) is 6.51. The van der Waals surface area contributed by atoms with Crippen LogP contribution in [0.4, 0.5) is 0 Å². The molecule has 1 aromatic carbocycles. The Morgan fingerprint density at radius 3 is 2.83 bits per heavy atom. The van der Waals surface area contributed by atoms with Gasteiger partial charge in [0.25, 0.3) is 5.91 Å². The van der Waals surface area contributed by atoms with E-state index in [0.717, 1.165) is 23.9 Å². The predicted octanol–water partition coefficient (Wildman–Crippen LogP) is 3.86. The number of carbonyl (C=O) groups excluding carboxylic acids is 2. The summed E-state index contributed by atoms with van der Waals surface area (Å²) in [6.07, 6.45) is 2.02. The Hall–Kier alpha value is -2.76. The molecule has 4 rings (SSSR count). The zero-order valence-corrected chi connectivity index (χ0v) is 17.3. The maximum Gasteiger partial charge on any atom is 0.252 e. The Labute approximate surface area is 176 Å². The van der Waals surface area contributed by atoms with Crippen LogP contribution in [-0.4, -0.2) is 33.5 Å². The third kappa shape index (κ3) is 4.47. The van der Waals surface area contributed by atoms with E-state index < -0.39 is 5.92 Å². The van der Waals surface area contributed by atoms with Gasteiger partial charge in [-0.3, -0.25) is 9.59 Å². The van der Waals surface area contributed by atoms with E-state index in [4.69, 9.17) is 0 Å². The highest BCUT2D eigenvalue weighted by Crippen LogP contribution is 2.28. The van der Waals surface area contributed by atoms with Crippen molar-refractivity contribution < 1.29 is 9.59 Å². The first-order valence-corrected chi connectivity index (χ1v) is 11.1. The number of nitriles is 1. The summed E-state index contributed by atoms with van der Waals surface area (Å²) in [7, 11) is 0. The molecular formula is C21H18N4O2S2. The van der Waals surface area contributed by atoms with Gasteiger partial charge in [0, 0.05) is 22.5 Å². The number of thioether (sulfide) groups is 1. The second-order valence-corrected chi connectivity index (χ2v) is 8.80. The summed E-state index contributed by atoms with van der Waals surface area (Å²) >= 11 is 2.56. The number of rotatable bonds is 7. The van der Waals surface area contributed by atoms with Gasteiger partial charge in [-0.2, -0.15) is 5.26 Å². The number of thiazole rings is 1. The van der Waals surface area contributed by atoms with Crippen molar-refractivity contribution in [1.29, 1.82) is 5.26 Å². The van der Waals surface area contributed by atoms with Gasteiger partial charge in [-0.15, -0.1) is 11.3 Å². The lowest BCUT2D eigenvalue weighted by molar-refractivity contribution is -0.116. The van der Waals surface area contributed by atoms with Crippen molar-refractivity contribution in [2.45, 2.75) is 36.8 Å². The monoisotopic (exact) mass is 422 g/mol. The Balaban J connectivity index is 1.55. The molecule has 1 saturated carbocycles. The first-order valence-electron chi connectivity index (χ1n) is 9.23. The van der Waals surface area contributed by atoms with Crippen LogP contribution in [-0.2, 0) is 4.79 Å². The molecule has 1 atom stereocenters. The average molecular weight is 423 g/mol. The molecule has 2 aromatic heterocycles. The smallest absolute Gasteiger partial charge is 0.252 e. The maximum absolute atomic E-state index is 12.7. The molecule has 0 bridgehead atoms. The standard InChI is InChI=1S/C21H18N4O2S2/c1-12-10-29-21(23-12)16(9-22)18(26)11-28-19-8-15(20(27)24-13-6-7-13)14-4-2-3-5-17(14)25-19/h2-5,8,10,13,16H,6-7,11H2,1H3,(H,24,27). The van der Waals surface area contributed by atoms with Crippen LogP contribution in [0.5, 0.6) is 0 Å². The van der Waals surface area contributed by atoms with Crippen LogP contribution < -0.4 is 5.32 Å². The van der Waals surface area contributed by atoms with Crippen LogP contribution in [0.25, 0.3) is 10.9 Å². The number of aromatic nitrogens is 2. The zero-order chi connectivity index (χ0) is 20.4. The van der Waals surface area contributed by atoms with E-state index in [2.05, 4.69) is 21.4 Å². The number of carbonyl (C=O) groups is 2. The molecule has 0 radical (unpaired) electrons. The summed E-state index contributed by atoms with van der Waals surface area (Å²) in [5.41, 5.74) is 2.07. The van der Waals surface area contributed by atoms with Crippen molar-refractivity contribution in [2.24, 2.45) is 0 Å². The second kappa shape index (κ2) is 8.31. The summed E-state index contributed by atoms with van der Waals surface area (Å²) in [4.78, 5) is 34.1. The lowest BCUT2D eigenvalue weighted by atomic mass is 10.1. The quantitative estimate of drug-likeness (QED) is 0.581. The second-order valence-electron chi connectivity index (χ2n) is 6.92. The predicted molar refractivity (Wildman–Crippen MR) is 113 cm³/mol. The van der Waals surface area contributed by atoms with Crippen LogP contribution in [0.1, 0.15) is 39.8 Å². The third-order valence-electron chi connectivity index (χ3n) is 4.55. The van der Waals surface area contributed by atoms with Crippen molar-refractivity contribution in [2.75, 3.05) is 5.75 Å². The van der Waals surface area contributed by atoms with E-state index in [-0.39, 0.29) is 23.5 Å². The molecule has 0 saturated heterocycles. The summed E-state index contributed by atoms with van der Waals surface area (Å²) in [5.74, 6) is -1.12. The summed E-state index contributed by atoms with van der Waals surface area (Å²) < 4.78 is 0. The van der Waals surface area contributed by atoms with Crippen molar-refractivity contribution in [3.05, 3.63) is 52.0 Å². The minimum absolute atomic E-state index is 0.0892. The molecule has 1 unspecified atom stereocenters. The number of Topliss-reactive ketones (excluding diaryl/α,β-unsaturated/α-hetero) is 1. The number of hydrogen-bond acceptors (Lipinski definition) is 7. The SMILES string of the molecule is Cc1csc(C(C#N)C(=O)CSc2cc(C(=O)NC3CC3)c3ccccc3n2)n1. The van der Waals surface area contributed by atoms with Crippen LogP contribution >= 0.6 is 23.1 Å². The zero-order valence-electron chi connectivity index (χ0n) is 15.7. The first kappa shape index (κ1) is 19.6. The Kier molecular flexibility index (Phi) is 5.60. The van der Waals surface area contributed by atoms with Crippen molar-refractivity contribution in [1.82, 2.24) is 15.3 Å². The number of fused-ring (bicyclic) bond motifs is 1. The topological polar surface area (TPSA) is 95.7 Å².